The van der Waals surface area contributed by atoms with Crippen LogP contribution in [0, 0.1) is 9.34 Å². The topological polar surface area (TPSA) is 53.8 Å². The van der Waals surface area contributed by atoms with Crippen molar-refractivity contribution in [1.29, 1.82) is 5.26 Å². The summed E-state index contributed by atoms with van der Waals surface area (Å²) >= 11 is -0.874. The van der Waals surface area contributed by atoms with Crippen LogP contribution in [0.3, 0.4) is 0 Å². The summed E-state index contributed by atoms with van der Waals surface area (Å²) in [5.41, 5.74) is 0.219. The van der Waals surface area contributed by atoms with E-state index in [4.69, 9.17) is 5.26 Å². The number of hydrogen-bond donors (Lipinski definition) is 0. The van der Waals surface area contributed by atoms with Gasteiger partial charge in [-0.15, -0.1) is 0 Å². The summed E-state index contributed by atoms with van der Waals surface area (Å²) in [6, 6.07) is 0. The van der Waals surface area contributed by atoms with Crippen molar-refractivity contribution in [1.82, 2.24) is 4.98 Å². The standard InChI is InChI=1S/C7H6F3I2N2OS2/c1-17(15,12-11-4-13)3-5-2-16-6(14-5)7(8,9)10/h2H,3H2,1H3/q-1. The number of alkyl halides is 3. The summed E-state index contributed by atoms with van der Waals surface area (Å²) in [7, 11) is 0. The minimum absolute atomic E-state index is 0.0637. The van der Waals surface area contributed by atoms with Crippen LogP contribution in [0.15, 0.2) is 5.38 Å². The molecule has 0 aliphatic heterocycles. The van der Waals surface area contributed by atoms with E-state index in [-0.39, 0.29) is 11.4 Å². The summed E-state index contributed by atoms with van der Waals surface area (Å²) < 4.78 is 50.9. The van der Waals surface area contributed by atoms with Crippen molar-refractivity contribution in [3.05, 3.63) is 16.1 Å². The molecule has 17 heavy (non-hydrogen) atoms. The Morgan fingerprint density at radius 1 is 1.71 bits per heavy atom. The van der Waals surface area contributed by atoms with Crippen LogP contribution in [0.1, 0.15) is 10.7 Å². The molecule has 0 aliphatic rings. The SMILES string of the molecule is CS(=O)(Cc1csc(C(F)(F)F)n1)=I[I-]C#N. The Morgan fingerprint density at radius 3 is 2.82 bits per heavy atom. The van der Waals surface area contributed by atoms with Crippen molar-refractivity contribution < 1.29 is 34.6 Å². The van der Waals surface area contributed by atoms with Gasteiger partial charge in [-0.25, -0.2) is 0 Å². The average Bonchev–Trinajstić information content (AvgIpc) is 2.62. The van der Waals surface area contributed by atoms with Crippen molar-refractivity contribution in [2.24, 2.45) is 0 Å². The van der Waals surface area contributed by atoms with Crippen LogP contribution in [0.2, 0.25) is 0 Å². The van der Waals surface area contributed by atoms with Crippen LogP contribution in [-0.2, 0) is 18.5 Å². The van der Waals surface area contributed by atoms with Crippen LogP contribution in [-0.4, -0.2) is 15.4 Å². The molecule has 10 heteroatoms. The molecule has 0 aromatic carbocycles. The molecular formula is C7H6F3I2N2OS2-. The monoisotopic (exact) mass is 509 g/mol. The second-order valence-electron chi connectivity index (χ2n) is 2.90. The number of rotatable bonds is 3. The molecule has 0 amide bonds. The van der Waals surface area contributed by atoms with E-state index in [1.165, 1.54) is 11.6 Å². The van der Waals surface area contributed by atoms with Crippen LogP contribution >= 0.6 is 26.6 Å². The molecule has 1 aromatic rings. The molecule has 1 aromatic heterocycles. The van der Waals surface area contributed by atoms with E-state index in [1.54, 1.807) is 0 Å². The molecule has 0 fully saturated rings. The van der Waals surface area contributed by atoms with Gasteiger partial charge in [0.25, 0.3) is 0 Å². The normalized spacial score (nSPS) is 15.5. The number of thiazole rings is 1. The van der Waals surface area contributed by atoms with Gasteiger partial charge in [0.05, 0.1) is 0 Å². The van der Waals surface area contributed by atoms with Gasteiger partial charge < -0.3 is 0 Å². The Kier molecular flexibility index (Phi) is 5.60. The predicted molar refractivity (Wildman–Crippen MR) is 64.5 cm³/mol. The maximum absolute atomic E-state index is 12.3. The molecule has 0 radical (unpaired) electrons. The fourth-order valence-corrected chi connectivity index (χ4v) is 16.1. The molecule has 0 spiro atoms. The fourth-order valence-electron chi connectivity index (χ4n) is 0.863. The van der Waals surface area contributed by atoms with Crippen molar-refractivity contribution in [3.63, 3.8) is 0 Å². The van der Waals surface area contributed by atoms with Gasteiger partial charge in [-0.05, 0) is 0 Å². The Labute approximate surface area is 115 Å². The van der Waals surface area contributed by atoms with Crippen LogP contribution in [0.4, 0.5) is 13.2 Å². The van der Waals surface area contributed by atoms with Gasteiger partial charge in [-0.1, -0.05) is 0 Å². The van der Waals surface area contributed by atoms with Crippen LogP contribution in [0.5, 0.6) is 0 Å². The van der Waals surface area contributed by atoms with Crippen molar-refractivity contribution >= 4 is 33.2 Å². The molecule has 0 saturated carbocycles. The van der Waals surface area contributed by atoms with Gasteiger partial charge in [0.2, 0.25) is 0 Å². The van der Waals surface area contributed by atoms with Crippen LogP contribution < -0.4 is 17.2 Å². The average molecular weight is 509 g/mol. The van der Waals surface area contributed by atoms with E-state index in [9.17, 15) is 17.4 Å². The minimum atomic E-state index is -4.44. The Hall–Kier alpha value is 0.520. The second-order valence-corrected chi connectivity index (χ2v) is 22.9. The van der Waals surface area contributed by atoms with E-state index in [1.807, 2.05) is 4.08 Å². The summed E-state index contributed by atoms with van der Waals surface area (Å²) in [6.45, 7) is -2.17. The van der Waals surface area contributed by atoms with Gasteiger partial charge >= 0.3 is 116 Å². The molecule has 1 heterocycles. The molecule has 0 bridgehead atoms. The van der Waals surface area contributed by atoms with Gasteiger partial charge in [-0.2, -0.15) is 0 Å². The summed E-state index contributed by atoms with van der Waals surface area (Å²) in [5, 5.41) is 8.83. The Bertz CT molecular complexity index is 554. The first-order chi connectivity index (χ1) is 7.74. The fraction of sp³-hybridized carbons (Fsp3) is 0.429. The molecule has 1 unspecified atom stereocenters. The van der Waals surface area contributed by atoms with E-state index < -0.39 is 50.3 Å². The van der Waals surface area contributed by atoms with Gasteiger partial charge in [0.1, 0.15) is 0 Å². The maximum atomic E-state index is 12.3. The first-order valence-corrected chi connectivity index (χ1v) is 16.8. The third kappa shape index (κ3) is 5.35. The number of hydrogen-bond acceptors (Lipinski definition) is 4. The van der Waals surface area contributed by atoms with Crippen LogP contribution in [0.25, 0.3) is 0 Å². The summed E-state index contributed by atoms with van der Waals surface area (Å²) in [4.78, 5) is 3.44. The van der Waals surface area contributed by atoms with E-state index >= 15 is 0 Å². The predicted octanol–water partition coefficient (Wildman–Crippen LogP) is -0.0531. The Morgan fingerprint density at radius 2 is 2.35 bits per heavy atom. The number of nitrogens with zero attached hydrogens (tertiary/aromatic N) is 2. The van der Waals surface area contributed by atoms with Gasteiger partial charge in [0.15, 0.2) is 0 Å². The van der Waals surface area contributed by atoms with Gasteiger partial charge in [-0.3, -0.25) is 0 Å². The molecule has 1 atom stereocenters. The van der Waals surface area contributed by atoms with Gasteiger partial charge in [0, 0.05) is 0 Å². The van der Waals surface area contributed by atoms with Crippen molar-refractivity contribution in [3.8, 4) is 4.08 Å². The number of nitriles is 1. The summed E-state index contributed by atoms with van der Waals surface area (Å²) in [5.74, 6) is 0.0637. The van der Waals surface area contributed by atoms with Crippen molar-refractivity contribution in [2.75, 3.05) is 6.26 Å². The molecule has 0 N–H and O–H groups in total. The first-order valence-electron chi connectivity index (χ1n) is 3.92. The second kappa shape index (κ2) is 6.11. The molecule has 98 valence electrons. The number of halogens is 5. The van der Waals surface area contributed by atoms with E-state index in [0.717, 1.165) is 0 Å². The first kappa shape index (κ1) is 15.6. The third-order valence-electron chi connectivity index (χ3n) is 1.38. The van der Waals surface area contributed by atoms with E-state index in [0.29, 0.717) is 11.3 Å². The molecule has 3 nitrogen and oxygen atoms in total. The summed E-state index contributed by atoms with van der Waals surface area (Å²) in [6.07, 6.45) is -2.91. The Balaban J connectivity index is 2.88. The molecule has 0 aliphatic carbocycles. The third-order valence-corrected chi connectivity index (χ3v) is 25.9. The molecule has 0 saturated heterocycles. The molecule has 1 rings (SSSR count). The zero-order chi connectivity index (χ0) is 13.1. The van der Waals surface area contributed by atoms with E-state index in [2.05, 4.69) is 4.98 Å². The number of aromatic nitrogens is 1. The molecular weight excluding hydrogens is 503 g/mol. The quantitative estimate of drug-likeness (QED) is 0.538. The van der Waals surface area contributed by atoms with Crippen molar-refractivity contribution in [2.45, 2.75) is 11.9 Å². The zero-order valence-corrected chi connectivity index (χ0v) is 14.2. The zero-order valence-electron chi connectivity index (χ0n) is 8.29.